The maximum absolute atomic E-state index is 13.5. The molecule has 0 spiro atoms. The Kier molecular flexibility index (Phi) is 7.12. The van der Waals surface area contributed by atoms with Gasteiger partial charge in [0.2, 0.25) is 5.89 Å². The van der Waals surface area contributed by atoms with E-state index >= 15 is 0 Å². The molecule has 5 aromatic rings. The summed E-state index contributed by atoms with van der Waals surface area (Å²) in [6.07, 6.45) is -2.81. The average Bonchev–Trinajstić information content (AvgIpc) is 3.51. The Balaban J connectivity index is 1.56. The van der Waals surface area contributed by atoms with Crippen LogP contribution in [0, 0.1) is 0 Å². The Hall–Kier alpha value is -4.57. The molecule has 0 radical (unpaired) electrons. The van der Waals surface area contributed by atoms with E-state index in [0.29, 0.717) is 16.1 Å². The minimum absolute atomic E-state index is 0.0224. The van der Waals surface area contributed by atoms with Gasteiger partial charge in [-0.3, -0.25) is 4.79 Å². The van der Waals surface area contributed by atoms with Gasteiger partial charge >= 0.3 is 12.1 Å². The third-order valence-electron chi connectivity index (χ3n) is 6.40. The van der Waals surface area contributed by atoms with Crippen LogP contribution in [0.15, 0.2) is 83.4 Å². The molecule has 0 aliphatic carbocycles. The molecule has 0 saturated carbocycles. The number of aromatic nitrogens is 2. The smallest absolute Gasteiger partial charge is 0.416 e. The number of oxazole rings is 1. The van der Waals surface area contributed by atoms with Crippen molar-refractivity contribution in [3.05, 3.63) is 101 Å². The van der Waals surface area contributed by atoms with Crippen molar-refractivity contribution >= 4 is 34.4 Å². The predicted molar refractivity (Wildman–Crippen MR) is 143 cm³/mol. The second-order valence-electron chi connectivity index (χ2n) is 9.14. The number of amides is 1. The molecule has 11 heteroatoms. The first-order chi connectivity index (χ1) is 19.0. The Morgan fingerprint density at radius 1 is 1.05 bits per heavy atom. The molecule has 1 atom stereocenters. The molecule has 0 aliphatic heterocycles. The number of hydrogen-bond donors (Lipinski definition) is 2. The van der Waals surface area contributed by atoms with Gasteiger partial charge in [-0.1, -0.05) is 41.9 Å². The highest BCUT2D eigenvalue weighted by Crippen LogP contribution is 2.36. The van der Waals surface area contributed by atoms with Crippen molar-refractivity contribution in [1.82, 2.24) is 14.9 Å². The van der Waals surface area contributed by atoms with Crippen LogP contribution in [0.1, 0.15) is 21.6 Å². The molecule has 204 valence electrons. The summed E-state index contributed by atoms with van der Waals surface area (Å²) in [4.78, 5) is 29.8. The Morgan fingerprint density at radius 2 is 1.73 bits per heavy atom. The van der Waals surface area contributed by atoms with Crippen LogP contribution in [0.3, 0.4) is 0 Å². The number of carboxylic acids is 1. The van der Waals surface area contributed by atoms with Gasteiger partial charge in [0.1, 0.15) is 6.04 Å². The molecule has 40 heavy (non-hydrogen) atoms. The zero-order valence-corrected chi connectivity index (χ0v) is 21.6. The SMILES string of the molecule is Cn1cc(-c2oc(-c3ccc(C(F)(F)F)cc3)nc2C(=O)NC(Cc2ccc(Cl)cc2)C(=O)O)c2ccccc21. The van der Waals surface area contributed by atoms with Gasteiger partial charge < -0.3 is 19.4 Å². The van der Waals surface area contributed by atoms with Gasteiger partial charge in [0, 0.05) is 46.7 Å². The largest absolute Gasteiger partial charge is 0.480 e. The number of nitrogens with one attached hydrogen (secondary N) is 1. The van der Waals surface area contributed by atoms with Crippen LogP contribution < -0.4 is 5.32 Å². The Morgan fingerprint density at radius 3 is 2.38 bits per heavy atom. The van der Waals surface area contributed by atoms with Gasteiger partial charge in [-0.05, 0) is 48.0 Å². The fraction of sp³-hybridized carbons (Fsp3) is 0.138. The molecule has 2 aromatic heterocycles. The highest BCUT2D eigenvalue weighted by molar-refractivity contribution is 6.30. The van der Waals surface area contributed by atoms with Gasteiger partial charge in [-0.15, -0.1) is 0 Å². The molecule has 0 fully saturated rings. The maximum Gasteiger partial charge on any atom is 0.416 e. The minimum atomic E-state index is -4.52. The number of fused-ring (bicyclic) bond motifs is 1. The molecule has 2 heterocycles. The Bertz CT molecular complexity index is 1710. The molecule has 7 nitrogen and oxygen atoms in total. The summed E-state index contributed by atoms with van der Waals surface area (Å²) in [7, 11) is 1.81. The van der Waals surface area contributed by atoms with E-state index in [0.717, 1.165) is 23.0 Å². The standard InChI is InChI=1S/C29H21ClF3N3O4/c1-36-15-21(20-4-2-3-5-23(20)36)25-24(35-27(40-25)17-8-10-18(11-9-17)29(31,32)33)26(37)34-22(28(38)39)14-16-6-12-19(30)13-7-16/h2-13,15,22H,14H2,1H3,(H,34,37)(H,38,39). The van der Waals surface area contributed by atoms with Gasteiger partial charge in [-0.25, -0.2) is 9.78 Å². The highest BCUT2D eigenvalue weighted by atomic mass is 35.5. The first kappa shape index (κ1) is 27.0. The van der Waals surface area contributed by atoms with Crippen LogP contribution in [0.4, 0.5) is 13.2 Å². The van der Waals surface area contributed by atoms with Crippen LogP contribution in [0.2, 0.25) is 5.02 Å². The van der Waals surface area contributed by atoms with Crippen LogP contribution in [0.25, 0.3) is 33.7 Å². The number of alkyl halides is 3. The van der Waals surface area contributed by atoms with Crippen LogP contribution >= 0.6 is 11.6 Å². The fourth-order valence-electron chi connectivity index (χ4n) is 4.39. The molecule has 5 rings (SSSR count). The monoisotopic (exact) mass is 567 g/mol. The van der Waals surface area contributed by atoms with Crippen molar-refractivity contribution in [3.8, 4) is 22.8 Å². The lowest BCUT2D eigenvalue weighted by atomic mass is 10.1. The summed E-state index contributed by atoms with van der Waals surface area (Å²) in [5, 5.41) is 13.5. The van der Waals surface area contributed by atoms with Crippen molar-refractivity contribution in [3.63, 3.8) is 0 Å². The van der Waals surface area contributed by atoms with E-state index in [1.807, 2.05) is 35.9 Å². The number of carbonyl (C=O) groups excluding carboxylic acids is 1. The van der Waals surface area contributed by atoms with Crippen molar-refractivity contribution in [1.29, 1.82) is 0 Å². The van der Waals surface area contributed by atoms with Crippen molar-refractivity contribution in [2.45, 2.75) is 18.6 Å². The molecule has 1 unspecified atom stereocenters. The first-order valence-electron chi connectivity index (χ1n) is 12.0. The van der Waals surface area contributed by atoms with Gasteiger partial charge in [0.25, 0.3) is 5.91 Å². The number of nitrogens with zero attached hydrogens (tertiary/aromatic N) is 2. The van der Waals surface area contributed by atoms with E-state index in [1.54, 1.807) is 30.5 Å². The number of benzene rings is 3. The maximum atomic E-state index is 13.5. The van der Waals surface area contributed by atoms with Crippen molar-refractivity contribution in [2.75, 3.05) is 0 Å². The van der Waals surface area contributed by atoms with E-state index in [2.05, 4.69) is 10.3 Å². The topological polar surface area (TPSA) is 97.4 Å². The third-order valence-corrected chi connectivity index (χ3v) is 6.65. The van der Waals surface area contributed by atoms with Crippen LogP contribution in [-0.4, -0.2) is 32.6 Å². The summed E-state index contributed by atoms with van der Waals surface area (Å²) in [5.74, 6) is -2.11. The lowest BCUT2D eigenvalue weighted by molar-refractivity contribution is -0.139. The predicted octanol–water partition coefficient (Wildman–Crippen LogP) is 6.60. The van der Waals surface area contributed by atoms with E-state index in [9.17, 15) is 27.9 Å². The lowest BCUT2D eigenvalue weighted by Crippen LogP contribution is -2.42. The number of halogens is 4. The zero-order valence-electron chi connectivity index (χ0n) is 20.9. The summed E-state index contributed by atoms with van der Waals surface area (Å²) < 4.78 is 47.1. The zero-order chi connectivity index (χ0) is 28.6. The molecular formula is C29H21ClF3N3O4. The molecule has 0 aliphatic rings. The number of aryl methyl sites for hydroxylation is 1. The van der Waals surface area contributed by atoms with Crippen LogP contribution in [0.5, 0.6) is 0 Å². The number of carbonyl (C=O) groups is 2. The second kappa shape index (κ2) is 10.5. The van der Waals surface area contributed by atoms with E-state index in [4.69, 9.17) is 16.0 Å². The molecule has 0 bridgehead atoms. The molecule has 3 aromatic carbocycles. The highest BCUT2D eigenvalue weighted by Gasteiger charge is 2.31. The average molecular weight is 568 g/mol. The van der Waals surface area contributed by atoms with Gasteiger partial charge in [-0.2, -0.15) is 13.2 Å². The van der Waals surface area contributed by atoms with Crippen molar-refractivity contribution < 1.29 is 32.3 Å². The molecule has 2 N–H and O–H groups in total. The quantitative estimate of drug-likeness (QED) is 0.231. The normalized spacial score (nSPS) is 12.4. The summed E-state index contributed by atoms with van der Waals surface area (Å²) >= 11 is 5.92. The van der Waals surface area contributed by atoms with Gasteiger partial charge in [0.15, 0.2) is 11.5 Å². The molecular weight excluding hydrogens is 547 g/mol. The summed E-state index contributed by atoms with van der Waals surface area (Å²) in [6.45, 7) is 0. The molecule has 0 saturated heterocycles. The summed E-state index contributed by atoms with van der Waals surface area (Å²) in [5.41, 5.74) is 1.15. The van der Waals surface area contributed by atoms with Crippen LogP contribution in [-0.2, 0) is 24.4 Å². The van der Waals surface area contributed by atoms with E-state index in [-0.39, 0.29) is 29.3 Å². The first-order valence-corrected chi connectivity index (χ1v) is 12.4. The second-order valence-corrected chi connectivity index (χ2v) is 9.57. The lowest BCUT2D eigenvalue weighted by Gasteiger charge is -2.14. The number of para-hydroxylation sites is 1. The van der Waals surface area contributed by atoms with Crippen molar-refractivity contribution in [2.24, 2.45) is 7.05 Å². The van der Waals surface area contributed by atoms with E-state index in [1.165, 1.54) is 12.1 Å². The Labute approximate surface area is 230 Å². The number of rotatable bonds is 7. The van der Waals surface area contributed by atoms with E-state index < -0.39 is 29.7 Å². The number of aliphatic carboxylic acids is 1. The van der Waals surface area contributed by atoms with Gasteiger partial charge in [0.05, 0.1) is 5.56 Å². The fourth-order valence-corrected chi connectivity index (χ4v) is 4.51. The molecule has 1 amide bonds. The summed E-state index contributed by atoms with van der Waals surface area (Å²) in [6, 6.07) is 16.8. The minimum Gasteiger partial charge on any atom is -0.480 e. The number of carboxylic acid groups (broad SMARTS) is 1. The third kappa shape index (κ3) is 5.43. The number of hydrogen-bond acceptors (Lipinski definition) is 4.